The van der Waals surface area contributed by atoms with E-state index in [0.717, 1.165) is 72.3 Å². The number of piperazine rings is 1. The van der Waals surface area contributed by atoms with E-state index >= 15 is 0 Å². The van der Waals surface area contributed by atoms with E-state index in [1.807, 2.05) is 36.4 Å². The van der Waals surface area contributed by atoms with Crippen molar-refractivity contribution in [2.75, 3.05) is 31.1 Å². The first-order chi connectivity index (χ1) is 15.1. The van der Waals surface area contributed by atoms with Crippen molar-refractivity contribution in [1.29, 1.82) is 0 Å². The van der Waals surface area contributed by atoms with Crippen molar-refractivity contribution in [2.45, 2.75) is 13.0 Å². The molecule has 2 aromatic carbocycles. The molecule has 0 atom stereocenters. The Morgan fingerprint density at radius 1 is 0.903 bits per heavy atom. The highest BCUT2D eigenvalue weighted by molar-refractivity contribution is 6.30. The second-order valence-electron chi connectivity index (χ2n) is 7.95. The van der Waals surface area contributed by atoms with Crippen LogP contribution in [0.3, 0.4) is 0 Å². The average molecular weight is 436 g/mol. The largest absolute Gasteiger partial charge is 0.353 e. The van der Waals surface area contributed by atoms with Crippen LogP contribution in [-0.4, -0.2) is 46.0 Å². The number of nitrogens with zero attached hydrogens (tertiary/aromatic N) is 4. The molecule has 0 radical (unpaired) electrons. The number of anilines is 1. The Morgan fingerprint density at radius 2 is 1.61 bits per heavy atom. The molecule has 1 aliphatic heterocycles. The van der Waals surface area contributed by atoms with E-state index in [-0.39, 0.29) is 5.82 Å². The summed E-state index contributed by atoms with van der Waals surface area (Å²) in [5, 5.41) is 1.80. The standard InChI is InChI=1S/C24H23ClFN5/c25-19-5-1-17(2-6-19)13-21-14-22-23(29-21)27-16-28-24(22)31-11-9-30(10-12-31)15-18-3-7-20(26)8-4-18/h1-8,14,16H,9-13,15H2,(H,27,28,29). The monoisotopic (exact) mass is 435 g/mol. The lowest BCUT2D eigenvalue weighted by Gasteiger charge is -2.35. The fraction of sp³-hybridized carbons (Fsp3) is 0.250. The second-order valence-corrected chi connectivity index (χ2v) is 8.38. The van der Waals surface area contributed by atoms with Gasteiger partial charge in [-0.1, -0.05) is 35.9 Å². The molecule has 7 heteroatoms. The number of H-pyrrole nitrogens is 1. The normalized spacial score (nSPS) is 15.0. The molecular weight excluding hydrogens is 413 g/mol. The zero-order valence-corrected chi connectivity index (χ0v) is 17.8. The summed E-state index contributed by atoms with van der Waals surface area (Å²) in [4.78, 5) is 17.2. The van der Waals surface area contributed by atoms with Gasteiger partial charge < -0.3 is 9.88 Å². The Hall–Kier alpha value is -2.96. The molecule has 0 unspecified atom stereocenters. The fourth-order valence-corrected chi connectivity index (χ4v) is 4.24. The molecule has 0 saturated carbocycles. The number of aromatic amines is 1. The van der Waals surface area contributed by atoms with Crippen LogP contribution in [0.4, 0.5) is 10.2 Å². The summed E-state index contributed by atoms with van der Waals surface area (Å²) in [6.07, 6.45) is 2.42. The van der Waals surface area contributed by atoms with E-state index in [4.69, 9.17) is 11.6 Å². The van der Waals surface area contributed by atoms with Gasteiger partial charge in [-0.15, -0.1) is 0 Å². The molecule has 0 spiro atoms. The molecule has 5 rings (SSSR count). The lowest BCUT2D eigenvalue weighted by molar-refractivity contribution is 0.249. The first-order valence-electron chi connectivity index (χ1n) is 10.4. The topological polar surface area (TPSA) is 48.1 Å². The van der Waals surface area contributed by atoms with Crippen LogP contribution in [0, 0.1) is 5.82 Å². The van der Waals surface area contributed by atoms with Crippen LogP contribution in [0.1, 0.15) is 16.8 Å². The third-order valence-corrected chi connectivity index (χ3v) is 6.01. The van der Waals surface area contributed by atoms with Gasteiger partial charge in [0.25, 0.3) is 0 Å². The second kappa shape index (κ2) is 8.65. The molecule has 1 aliphatic rings. The maximum atomic E-state index is 13.1. The first-order valence-corrected chi connectivity index (χ1v) is 10.8. The van der Waals surface area contributed by atoms with Gasteiger partial charge in [-0.2, -0.15) is 0 Å². The third kappa shape index (κ3) is 4.55. The SMILES string of the molecule is Fc1ccc(CN2CCN(c3ncnc4[nH]c(Cc5ccc(Cl)cc5)cc34)CC2)cc1. The highest BCUT2D eigenvalue weighted by Gasteiger charge is 2.21. The number of halogens is 2. The van der Waals surface area contributed by atoms with Gasteiger partial charge >= 0.3 is 0 Å². The molecule has 0 aliphatic carbocycles. The molecule has 4 aromatic rings. The van der Waals surface area contributed by atoms with Gasteiger partial charge in [-0.05, 0) is 41.5 Å². The fourth-order valence-electron chi connectivity index (χ4n) is 4.12. The van der Waals surface area contributed by atoms with E-state index in [1.54, 1.807) is 6.33 Å². The number of fused-ring (bicyclic) bond motifs is 1. The molecule has 158 valence electrons. The summed E-state index contributed by atoms with van der Waals surface area (Å²) in [7, 11) is 0. The molecule has 1 saturated heterocycles. The lowest BCUT2D eigenvalue weighted by Crippen LogP contribution is -2.46. The minimum absolute atomic E-state index is 0.191. The van der Waals surface area contributed by atoms with Crippen LogP contribution in [0.2, 0.25) is 5.02 Å². The van der Waals surface area contributed by atoms with E-state index in [0.29, 0.717) is 0 Å². The van der Waals surface area contributed by atoms with Crippen molar-refractivity contribution in [2.24, 2.45) is 0 Å². The van der Waals surface area contributed by atoms with Crippen molar-refractivity contribution in [3.05, 3.63) is 88.6 Å². The van der Waals surface area contributed by atoms with Crippen molar-refractivity contribution in [1.82, 2.24) is 19.9 Å². The molecule has 5 nitrogen and oxygen atoms in total. The molecule has 2 aromatic heterocycles. The summed E-state index contributed by atoms with van der Waals surface area (Å²) in [6.45, 7) is 4.49. The van der Waals surface area contributed by atoms with Gasteiger partial charge in [0.1, 0.15) is 23.6 Å². The molecule has 1 N–H and O–H groups in total. The summed E-state index contributed by atoms with van der Waals surface area (Å²) in [6, 6.07) is 16.8. The third-order valence-electron chi connectivity index (χ3n) is 5.76. The number of nitrogens with one attached hydrogen (secondary N) is 1. The van der Waals surface area contributed by atoms with E-state index in [1.165, 1.54) is 17.7 Å². The van der Waals surface area contributed by atoms with Crippen LogP contribution in [0.5, 0.6) is 0 Å². The van der Waals surface area contributed by atoms with Gasteiger partial charge in [0.05, 0.1) is 5.39 Å². The van der Waals surface area contributed by atoms with Gasteiger partial charge in [0.2, 0.25) is 0 Å². The van der Waals surface area contributed by atoms with Crippen molar-refractivity contribution >= 4 is 28.5 Å². The van der Waals surface area contributed by atoms with Crippen LogP contribution in [0.25, 0.3) is 11.0 Å². The Morgan fingerprint density at radius 3 is 2.35 bits per heavy atom. The average Bonchev–Trinajstić information content (AvgIpc) is 3.20. The van der Waals surface area contributed by atoms with Gasteiger partial charge in [0, 0.05) is 49.9 Å². The van der Waals surface area contributed by atoms with E-state index in [9.17, 15) is 4.39 Å². The molecule has 0 bridgehead atoms. The summed E-state index contributed by atoms with van der Waals surface area (Å²) >= 11 is 6.00. The zero-order chi connectivity index (χ0) is 21.2. The van der Waals surface area contributed by atoms with Crippen LogP contribution in [0.15, 0.2) is 60.9 Å². The van der Waals surface area contributed by atoms with Crippen LogP contribution in [-0.2, 0) is 13.0 Å². The van der Waals surface area contributed by atoms with Crippen molar-refractivity contribution in [3.8, 4) is 0 Å². The predicted molar refractivity (Wildman–Crippen MR) is 122 cm³/mol. The number of hydrogen-bond donors (Lipinski definition) is 1. The zero-order valence-electron chi connectivity index (χ0n) is 17.1. The van der Waals surface area contributed by atoms with E-state index in [2.05, 4.69) is 30.8 Å². The quantitative estimate of drug-likeness (QED) is 0.495. The summed E-state index contributed by atoms with van der Waals surface area (Å²) in [5.41, 5.74) is 4.30. The number of rotatable bonds is 5. The smallest absolute Gasteiger partial charge is 0.143 e. The molecular formula is C24H23ClFN5. The maximum Gasteiger partial charge on any atom is 0.143 e. The number of benzene rings is 2. The molecule has 0 amide bonds. The Kier molecular flexibility index (Phi) is 5.57. The van der Waals surface area contributed by atoms with E-state index < -0.39 is 0 Å². The predicted octanol–water partition coefficient (Wildman–Crippen LogP) is 4.66. The van der Waals surface area contributed by atoms with Crippen molar-refractivity contribution < 1.29 is 4.39 Å². The highest BCUT2D eigenvalue weighted by atomic mass is 35.5. The first kappa shape index (κ1) is 20.0. The minimum Gasteiger partial charge on any atom is -0.353 e. The van der Waals surface area contributed by atoms with Crippen LogP contribution < -0.4 is 4.90 Å². The molecule has 1 fully saturated rings. The number of hydrogen-bond acceptors (Lipinski definition) is 4. The number of aromatic nitrogens is 3. The van der Waals surface area contributed by atoms with Gasteiger partial charge in [-0.3, -0.25) is 4.90 Å². The highest BCUT2D eigenvalue weighted by Crippen LogP contribution is 2.26. The van der Waals surface area contributed by atoms with Crippen LogP contribution >= 0.6 is 11.6 Å². The van der Waals surface area contributed by atoms with Gasteiger partial charge in [-0.25, -0.2) is 14.4 Å². The Bertz CT molecular complexity index is 1170. The van der Waals surface area contributed by atoms with Gasteiger partial charge in [0.15, 0.2) is 0 Å². The Labute approximate surface area is 185 Å². The maximum absolute atomic E-state index is 13.1. The summed E-state index contributed by atoms with van der Waals surface area (Å²) < 4.78 is 13.1. The summed E-state index contributed by atoms with van der Waals surface area (Å²) in [5.74, 6) is 0.785. The molecule has 3 heterocycles. The Balaban J connectivity index is 1.28. The lowest BCUT2D eigenvalue weighted by atomic mass is 10.1. The minimum atomic E-state index is -0.191. The van der Waals surface area contributed by atoms with Crippen molar-refractivity contribution in [3.63, 3.8) is 0 Å². The molecule has 31 heavy (non-hydrogen) atoms.